The third-order valence-electron chi connectivity index (χ3n) is 4.61. The summed E-state index contributed by atoms with van der Waals surface area (Å²) in [6.45, 7) is 2.08. The van der Waals surface area contributed by atoms with Crippen molar-refractivity contribution in [3.8, 4) is 17.6 Å². The molecule has 3 aromatic carbocycles. The number of aryl methyl sites for hydroxylation is 1. The molecule has 0 fully saturated rings. The van der Waals surface area contributed by atoms with Gasteiger partial charge in [0.2, 0.25) is 0 Å². The molecule has 0 atom stereocenters. The van der Waals surface area contributed by atoms with Crippen LogP contribution in [0.25, 0.3) is 0 Å². The molecule has 8 heteroatoms. The molecule has 1 amide bonds. The Morgan fingerprint density at radius 3 is 2.72 bits per heavy atom. The van der Waals surface area contributed by atoms with Crippen LogP contribution in [0.4, 0.5) is 0 Å². The molecule has 0 saturated heterocycles. The normalized spacial score (nSPS) is 10.6. The van der Waals surface area contributed by atoms with Crippen molar-refractivity contribution in [2.45, 2.75) is 13.5 Å². The molecule has 0 heterocycles. The lowest BCUT2D eigenvalue weighted by Gasteiger charge is -2.13. The Bertz CT molecular complexity index is 1220. The molecule has 32 heavy (non-hydrogen) atoms. The van der Waals surface area contributed by atoms with Crippen molar-refractivity contribution in [2.24, 2.45) is 5.10 Å². The summed E-state index contributed by atoms with van der Waals surface area (Å²) in [5, 5.41) is 13.8. The van der Waals surface area contributed by atoms with Gasteiger partial charge in [-0.2, -0.15) is 10.4 Å². The van der Waals surface area contributed by atoms with Gasteiger partial charge in [0.05, 0.1) is 25.0 Å². The van der Waals surface area contributed by atoms with E-state index in [1.54, 1.807) is 42.5 Å². The highest BCUT2D eigenvalue weighted by atomic mass is 79.9. The molecule has 0 spiro atoms. The Kier molecular flexibility index (Phi) is 7.87. The number of hydrazone groups is 1. The highest BCUT2D eigenvalue weighted by molar-refractivity contribution is 9.10. The van der Waals surface area contributed by atoms with Crippen LogP contribution in [0, 0.1) is 18.3 Å². The number of hydrogen-bond donors (Lipinski definition) is 1. The van der Waals surface area contributed by atoms with Crippen LogP contribution in [-0.4, -0.2) is 19.2 Å². The summed E-state index contributed by atoms with van der Waals surface area (Å²) in [5.41, 5.74) is 5.79. The van der Waals surface area contributed by atoms with Crippen LogP contribution in [0.1, 0.15) is 32.6 Å². The number of nitriles is 1. The summed E-state index contributed by atoms with van der Waals surface area (Å²) in [4.78, 5) is 12.3. The first-order chi connectivity index (χ1) is 15.4. The molecule has 3 rings (SSSR count). The molecule has 0 aromatic heterocycles. The number of ether oxygens (including phenoxy) is 2. The summed E-state index contributed by atoms with van der Waals surface area (Å²) >= 11 is 9.56. The van der Waals surface area contributed by atoms with Gasteiger partial charge in [0.15, 0.2) is 11.5 Å². The molecule has 0 aliphatic rings. The molecule has 0 bridgehead atoms. The fourth-order valence-corrected chi connectivity index (χ4v) is 3.40. The number of hydrogen-bond acceptors (Lipinski definition) is 5. The van der Waals surface area contributed by atoms with Crippen molar-refractivity contribution < 1.29 is 14.3 Å². The van der Waals surface area contributed by atoms with Gasteiger partial charge >= 0.3 is 0 Å². The average molecular weight is 513 g/mol. The van der Waals surface area contributed by atoms with E-state index in [1.165, 1.54) is 13.3 Å². The average Bonchev–Trinajstić information content (AvgIpc) is 2.80. The monoisotopic (exact) mass is 511 g/mol. The second kappa shape index (κ2) is 10.8. The lowest BCUT2D eigenvalue weighted by molar-refractivity contribution is 0.0955. The van der Waals surface area contributed by atoms with Crippen LogP contribution >= 0.6 is 27.5 Å². The van der Waals surface area contributed by atoms with Gasteiger partial charge in [-0.25, -0.2) is 5.43 Å². The minimum Gasteiger partial charge on any atom is -0.493 e. The standard InChI is InChI=1S/C24H19BrClN3O3/c1-15-7-8-16(9-21(15)26)24(30)29-28-13-19-10-22(31-2)23(11-20(19)25)32-14-18-6-4-3-5-17(18)12-27/h3-11,13H,14H2,1-2H3,(H,29,30)/b28-13-. The fraction of sp³-hybridized carbons (Fsp3) is 0.125. The van der Waals surface area contributed by atoms with Crippen LogP contribution < -0.4 is 14.9 Å². The Hall–Kier alpha value is -3.34. The van der Waals surface area contributed by atoms with E-state index in [0.29, 0.717) is 37.7 Å². The number of methoxy groups -OCH3 is 1. The quantitative estimate of drug-likeness (QED) is 0.328. The van der Waals surface area contributed by atoms with E-state index in [4.69, 9.17) is 21.1 Å². The molecule has 6 nitrogen and oxygen atoms in total. The maximum atomic E-state index is 12.3. The third-order valence-corrected chi connectivity index (χ3v) is 5.70. The fourth-order valence-electron chi connectivity index (χ4n) is 2.79. The number of carbonyl (C=O) groups excluding carboxylic acids is 1. The molecule has 0 unspecified atom stereocenters. The van der Waals surface area contributed by atoms with Crippen LogP contribution in [0.15, 0.2) is 64.2 Å². The van der Waals surface area contributed by atoms with Gasteiger partial charge in [-0.15, -0.1) is 0 Å². The lowest BCUT2D eigenvalue weighted by Crippen LogP contribution is -2.17. The smallest absolute Gasteiger partial charge is 0.271 e. The minimum atomic E-state index is -0.373. The maximum Gasteiger partial charge on any atom is 0.271 e. The van der Waals surface area contributed by atoms with E-state index in [2.05, 4.69) is 32.5 Å². The largest absolute Gasteiger partial charge is 0.493 e. The van der Waals surface area contributed by atoms with Gasteiger partial charge in [-0.1, -0.05) is 35.9 Å². The van der Waals surface area contributed by atoms with Crippen LogP contribution in [0.5, 0.6) is 11.5 Å². The number of amides is 1. The number of halogens is 2. The Balaban J connectivity index is 1.72. The van der Waals surface area contributed by atoms with Gasteiger partial charge in [-0.3, -0.25) is 4.79 Å². The molecule has 0 radical (unpaired) electrons. The summed E-state index contributed by atoms with van der Waals surface area (Å²) in [5.74, 6) is 0.616. The van der Waals surface area contributed by atoms with Crippen LogP contribution in [-0.2, 0) is 6.61 Å². The molecular formula is C24H19BrClN3O3. The number of rotatable bonds is 7. The molecular weight excluding hydrogens is 494 g/mol. The summed E-state index contributed by atoms with van der Waals surface area (Å²) in [6.07, 6.45) is 1.50. The topological polar surface area (TPSA) is 83.7 Å². The molecule has 0 saturated carbocycles. The summed E-state index contributed by atoms with van der Waals surface area (Å²) in [6, 6.07) is 17.9. The first-order valence-electron chi connectivity index (χ1n) is 9.50. The Labute approximate surface area is 199 Å². The molecule has 162 valence electrons. The number of nitrogens with zero attached hydrogens (tertiary/aromatic N) is 2. The van der Waals surface area contributed by atoms with Crippen molar-refractivity contribution in [1.82, 2.24) is 5.43 Å². The molecule has 3 aromatic rings. The summed E-state index contributed by atoms with van der Waals surface area (Å²) < 4.78 is 12.0. The molecule has 1 N–H and O–H groups in total. The first kappa shape index (κ1) is 23.3. The number of carbonyl (C=O) groups is 1. The van der Waals surface area contributed by atoms with Crippen molar-refractivity contribution in [3.63, 3.8) is 0 Å². The second-order valence-corrected chi connectivity index (χ2v) is 8.01. The van der Waals surface area contributed by atoms with E-state index < -0.39 is 0 Å². The van der Waals surface area contributed by atoms with Crippen molar-refractivity contribution in [2.75, 3.05) is 7.11 Å². The maximum absolute atomic E-state index is 12.3. The second-order valence-electron chi connectivity index (χ2n) is 6.75. The third kappa shape index (κ3) is 5.67. The van der Waals surface area contributed by atoms with Gasteiger partial charge in [0.25, 0.3) is 5.91 Å². The predicted molar refractivity (Wildman–Crippen MR) is 127 cm³/mol. The predicted octanol–water partition coefficient (Wildman–Crippen LogP) is 5.63. The Morgan fingerprint density at radius 1 is 1.22 bits per heavy atom. The van der Waals surface area contributed by atoms with E-state index in [1.807, 2.05) is 19.1 Å². The number of benzene rings is 3. The zero-order valence-corrected chi connectivity index (χ0v) is 19.7. The van der Waals surface area contributed by atoms with Crippen molar-refractivity contribution >= 4 is 39.7 Å². The van der Waals surface area contributed by atoms with Crippen LogP contribution in [0.2, 0.25) is 5.02 Å². The molecule has 0 aliphatic carbocycles. The zero-order valence-electron chi connectivity index (χ0n) is 17.4. The molecule has 0 aliphatic heterocycles. The van der Waals surface area contributed by atoms with Crippen molar-refractivity contribution in [3.05, 3.63) is 91.9 Å². The first-order valence-corrected chi connectivity index (χ1v) is 10.7. The van der Waals surface area contributed by atoms with E-state index in [9.17, 15) is 10.1 Å². The van der Waals surface area contributed by atoms with Gasteiger partial charge < -0.3 is 9.47 Å². The van der Waals surface area contributed by atoms with E-state index in [-0.39, 0.29) is 12.5 Å². The Morgan fingerprint density at radius 2 is 2.00 bits per heavy atom. The van der Waals surface area contributed by atoms with Crippen molar-refractivity contribution in [1.29, 1.82) is 5.26 Å². The SMILES string of the molecule is COc1cc(/C=N\NC(=O)c2ccc(C)c(Cl)c2)c(Br)cc1OCc1ccccc1C#N. The van der Waals surface area contributed by atoms with E-state index >= 15 is 0 Å². The van der Waals surface area contributed by atoms with Gasteiger partial charge in [-0.05, 0) is 58.7 Å². The highest BCUT2D eigenvalue weighted by Gasteiger charge is 2.11. The van der Waals surface area contributed by atoms with Gasteiger partial charge in [0.1, 0.15) is 6.61 Å². The summed E-state index contributed by atoms with van der Waals surface area (Å²) in [7, 11) is 1.53. The van der Waals surface area contributed by atoms with Gasteiger partial charge in [0, 0.05) is 26.2 Å². The zero-order chi connectivity index (χ0) is 23.1. The van der Waals surface area contributed by atoms with E-state index in [0.717, 1.165) is 11.1 Å². The number of nitrogens with one attached hydrogen (secondary N) is 1. The lowest BCUT2D eigenvalue weighted by atomic mass is 10.1. The van der Waals surface area contributed by atoms with Crippen LogP contribution in [0.3, 0.4) is 0 Å². The highest BCUT2D eigenvalue weighted by Crippen LogP contribution is 2.33. The minimum absolute atomic E-state index is 0.217.